The molecule has 1 aromatic rings. The van der Waals surface area contributed by atoms with Crippen molar-refractivity contribution in [3.05, 3.63) is 23.2 Å². The first-order chi connectivity index (χ1) is 7.77. The summed E-state index contributed by atoms with van der Waals surface area (Å²) in [6, 6.07) is 5.42. The smallest absolute Gasteiger partial charge is 0.138 e. The van der Waals surface area contributed by atoms with Crippen LogP contribution in [0.25, 0.3) is 0 Å². The van der Waals surface area contributed by atoms with Crippen LogP contribution in [-0.2, 0) is 0 Å². The zero-order chi connectivity index (χ0) is 11.8. The number of hydrogen-bond donors (Lipinski definition) is 1. The van der Waals surface area contributed by atoms with Gasteiger partial charge in [0.1, 0.15) is 11.5 Å². The van der Waals surface area contributed by atoms with Crippen molar-refractivity contribution in [1.29, 1.82) is 0 Å². The Balaban J connectivity index is 2.36. The standard InChI is InChI=1S/C12H18ClNO2/c1-3-14-7-4-8-16-12-6-5-10(15-2)9-11(12)13/h5-6,9,14H,3-4,7-8H2,1-2H3. The number of halogens is 1. The van der Waals surface area contributed by atoms with Gasteiger partial charge < -0.3 is 14.8 Å². The van der Waals surface area contributed by atoms with Crippen molar-refractivity contribution in [2.75, 3.05) is 26.8 Å². The maximum absolute atomic E-state index is 6.03. The van der Waals surface area contributed by atoms with Crippen LogP contribution in [0.3, 0.4) is 0 Å². The van der Waals surface area contributed by atoms with Crippen LogP contribution in [0.15, 0.2) is 18.2 Å². The molecule has 0 spiro atoms. The van der Waals surface area contributed by atoms with Crippen molar-refractivity contribution in [1.82, 2.24) is 5.32 Å². The molecule has 3 nitrogen and oxygen atoms in total. The van der Waals surface area contributed by atoms with Crippen LogP contribution in [0, 0.1) is 0 Å². The molecule has 0 aliphatic heterocycles. The topological polar surface area (TPSA) is 30.5 Å². The molecule has 0 aliphatic rings. The van der Waals surface area contributed by atoms with E-state index < -0.39 is 0 Å². The van der Waals surface area contributed by atoms with E-state index in [4.69, 9.17) is 21.1 Å². The van der Waals surface area contributed by atoms with Crippen molar-refractivity contribution in [3.63, 3.8) is 0 Å². The highest BCUT2D eigenvalue weighted by atomic mass is 35.5. The molecule has 0 saturated carbocycles. The third-order valence-corrected chi connectivity index (χ3v) is 2.44. The van der Waals surface area contributed by atoms with Gasteiger partial charge in [-0.15, -0.1) is 0 Å². The van der Waals surface area contributed by atoms with Crippen molar-refractivity contribution in [3.8, 4) is 11.5 Å². The van der Waals surface area contributed by atoms with Gasteiger partial charge in [0.25, 0.3) is 0 Å². The van der Waals surface area contributed by atoms with Crippen molar-refractivity contribution in [2.45, 2.75) is 13.3 Å². The number of nitrogens with one attached hydrogen (secondary N) is 1. The van der Waals surface area contributed by atoms with Gasteiger partial charge in [-0.05, 0) is 31.6 Å². The van der Waals surface area contributed by atoms with Crippen LogP contribution in [0.5, 0.6) is 11.5 Å². The Hall–Kier alpha value is -0.930. The summed E-state index contributed by atoms with van der Waals surface area (Å²) in [5.41, 5.74) is 0. The third kappa shape index (κ3) is 4.29. The molecule has 1 rings (SSSR count). The Morgan fingerprint density at radius 3 is 2.81 bits per heavy atom. The summed E-state index contributed by atoms with van der Waals surface area (Å²) >= 11 is 6.03. The molecular weight excluding hydrogens is 226 g/mol. The van der Waals surface area contributed by atoms with Gasteiger partial charge in [0.15, 0.2) is 0 Å². The van der Waals surface area contributed by atoms with Crippen LogP contribution in [0.4, 0.5) is 0 Å². The molecular formula is C12H18ClNO2. The van der Waals surface area contributed by atoms with Crippen LogP contribution in [-0.4, -0.2) is 26.8 Å². The SMILES string of the molecule is CCNCCCOc1ccc(OC)cc1Cl. The second-order valence-electron chi connectivity index (χ2n) is 3.35. The summed E-state index contributed by atoms with van der Waals surface area (Å²) in [6.07, 6.45) is 0.968. The zero-order valence-corrected chi connectivity index (χ0v) is 10.5. The average molecular weight is 244 g/mol. The summed E-state index contributed by atoms with van der Waals surface area (Å²) in [5, 5.41) is 3.82. The highest BCUT2D eigenvalue weighted by Crippen LogP contribution is 2.28. The predicted molar refractivity (Wildman–Crippen MR) is 66.7 cm³/mol. The molecule has 1 aromatic carbocycles. The predicted octanol–water partition coefficient (Wildman–Crippen LogP) is 2.73. The number of methoxy groups -OCH3 is 1. The lowest BCUT2D eigenvalue weighted by Crippen LogP contribution is -2.16. The molecule has 0 aromatic heterocycles. The molecule has 0 radical (unpaired) electrons. The van der Waals surface area contributed by atoms with Crippen LogP contribution >= 0.6 is 11.6 Å². The van der Waals surface area contributed by atoms with Gasteiger partial charge in [0.05, 0.1) is 18.7 Å². The second-order valence-corrected chi connectivity index (χ2v) is 3.76. The molecule has 4 heteroatoms. The van der Waals surface area contributed by atoms with E-state index in [0.29, 0.717) is 17.4 Å². The molecule has 0 aliphatic carbocycles. The lowest BCUT2D eigenvalue weighted by molar-refractivity contribution is 0.308. The zero-order valence-electron chi connectivity index (χ0n) is 9.75. The second kappa shape index (κ2) is 7.36. The van der Waals surface area contributed by atoms with Gasteiger partial charge in [0.2, 0.25) is 0 Å². The summed E-state index contributed by atoms with van der Waals surface area (Å²) in [6.45, 7) is 4.70. The first-order valence-electron chi connectivity index (χ1n) is 5.45. The molecule has 0 atom stereocenters. The molecule has 0 fully saturated rings. The van der Waals surface area contributed by atoms with E-state index in [0.717, 1.165) is 25.3 Å². The minimum Gasteiger partial charge on any atom is -0.497 e. The first-order valence-corrected chi connectivity index (χ1v) is 5.82. The Morgan fingerprint density at radius 1 is 1.38 bits per heavy atom. The summed E-state index contributed by atoms with van der Waals surface area (Å²) < 4.78 is 10.6. The molecule has 0 unspecified atom stereocenters. The van der Waals surface area contributed by atoms with E-state index in [1.54, 1.807) is 13.2 Å². The number of ether oxygens (including phenoxy) is 2. The van der Waals surface area contributed by atoms with E-state index in [9.17, 15) is 0 Å². The van der Waals surface area contributed by atoms with Crippen LogP contribution < -0.4 is 14.8 Å². The lowest BCUT2D eigenvalue weighted by Gasteiger charge is -2.09. The van der Waals surface area contributed by atoms with Crippen molar-refractivity contribution < 1.29 is 9.47 Å². The summed E-state index contributed by atoms with van der Waals surface area (Å²) in [4.78, 5) is 0. The Morgan fingerprint density at radius 2 is 2.19 bits per heavy atom. The lowest BCUT2D eigenvalue weighted by atomic mass is 10.3. The van der Waals surface area contributed by atoms with Crippen molar-refractivity contribution in [2.24, 2.45) is 0 Å². The average Bonchev–Trinajstić information content (AvgIpc) is 2.30. The Kier molecular flexibility index (Phi) is 6.04. The fourth-order valence-corrected chi connectivity index (χ4v) is 1.51. The third-order valence-electron chi connectivity index (χ3n) is 2.14. The fraction of sp³-hybridized carbons (Fsp3) is 0.500. The minimum absolute atomic E-state index is 0.586. The van der Waals surface area contributed by atoms with Gasteiger partial charge in [-0.25, -0.2) is 0 Å². The Bertz CT molecular complexity index is 318. The van der Waals surface area contributed by atoms with Crippen molar-refractivity contribution >= 4 is 11.6 Å². The fourth-order valence-electron chi connectivity index (χ4n) is 1.28. The number of hydrogen-bond acceptors (Lipinski definition) is 3. The largest absolute Gasteiger partial charge is 0.497 e. The van der Waals surface area contributed by atoms with Gasteiger partial charge in [0, 0.05) is 6.07 Å². The van der Waals surface area contributed by atoms with Gasteiger partial charge in [-0.1, -0.05) is 18.5 Å². The molecule has 0 amide bonds. The molecule has 0 saturated heterocycles. The molecule has 1 N–H and O–H groups in total. The minimum atomic E-state index is 0.586. The maximum atomic E-state index is 6.03. The molecule has 0 bridgehead atoms. The highest BCUT2D eigenvalue weighted by Gasteiger charge is 2.02. The normalized spacial score (nSPS) is 10.2. The number of rotatable bonds is 7. The van der Waals surface area contributed by atoms with Gasteiger partial charge >= 0.3 is 0 Å². The van der Waals surface area contributed by atoms with E-state index in [1.807, 2.05) is 12.1 Å². The monoisotopic (exact) mass is 243 g/mol. The number of benzene rings is 1. The Labute approximate surface area is 102 Å². The molecule has 16 heavy (non-hydrogen) atoms. The van der Waals surface area contributed by atoms with Gasteiger partial charge in [-0.2, -0.15) is 0 Å². The van der Waals surface area contributed by atoms with Crippen LogP contribution in [0.1, 0.15) is 13.3 Å². The van der Waals surface area contributed by atoms with E-state index in [1.165, 1.54) is 0 Å². The quantitative estimate of drug-likeness (QED) is 0.747. The summed E-state index contributed by atoms with van der Waals surface area (Å²) in [5.74, 6) is 1.45. The molecule has 0 heterocycles. The highest BCUT2D eigenvalue weighted by molar-refractivity contribution is 6.32. The van der Waals surface area contributed by atoms with Gasteiger partial charge in [-0.3, -0.25) is 0 Å². The summed E-state index contributed by atoms with van der Waals surface area (Å²) in [7, 11) is 1.61. The molecule has 90 valence electrons. The first kappa shape index (κ1) is 13.1. The van der Waals surface area contributed by atoms with E-state index in [-0.39, 0.29) is 0 Å². The van der Waals surface area contributed by atoms with E-state index >= 15 is 0 Å². The van der Waals surface area contributed by atoms with Crippen LogP contribution in [0.2, 0.25) is 5.02 Å². The maximum Gasteiger partial charge on any atom is 0.138 e. The van der Waals surface area contributed by atoms with E-state index in [2.05, 4.69) is 12.2 Å².